The van der Waals surface area contributed by atoms with E-state index < -0.39 is 16.5 Å². The smallest absolute Gasteiger partial charge is 0.308 e. The second kappa shape index (κ2) is 7.69. The van der Waals surface area contributed by atoms with Crippen molar-refractivity contribution in [2.45, 2.75) is 13.8 Å². The maximum absolute atomic E-state index is 12.8. The van der Waals surface area contributed by atoms with Crippen molar-refractivity contribution in [2.24, 2.45) is 5.10 Å². The lowest BCUT2D eigenvalue weighted by Crippen LogP contribution is -2.20. The fourth-order valence-corrected chi connectivity index (χ4v) is 2.87. The van der Waals surface area contributed by atoms with Crippen molar-refractivity contribution in [3.8, 4) is 5.75 Å². The molecule has 28 heavy (non-hydrogen) atoms. The molecule has 0 N–H and O–H groups in total. The van der Waals surface area contributed by atoms with Crippen molar-refractivity contribution in [1.82, 2.24) is 9.66 Å². The van der Waals surface area contributed by atoms with E-state index in [0.717, 1.165) is 4.68 Å². The van der Waals surface area contributed by atoms with Crippen LogP contribution in [0.25, 0.3) is 10.9 Å². The number of benzene rings is 2. The molecule has 0 radical (unpaired) electrons. The molecule has 0 aliphatic rings. The first-order valence-electron chi connectivity index (χ1n) is 7.96. The highest BCUT2D eigenvalue weighted by Crippen LogP contribution is 2.23. The summed E-state index contributed by atoms with van der Waals surface area (Å²) in [6, 6.07) is 8.83. The number of halogens is 1. The first-order chi connectivity index (χ1) is 13.3. The van der Waals surface area contributed by atoms with Crippen LogP contribution in [0.4, 0.5) is 5.69 Å². The lowest BCUT2D eigenvalue weighted by Gasteiger charge is -2.07. The number of ether oxygens (including phenoxy) is 1. The molecule has 0 aliphatic carbocycles. The molecule has 0 spiro atoms. The van der Waals surface area contributed by atoms with Crippen molar-refractivity contribution in [3.63, 3.8) is 0 Å². The topological polar surface area (TPSA) is 117 Å². The number of aryl methyl sites for hydroxylation is 1. The second-order valence-corrected chi connectivity index (χ2v) is 6.67. The second-order valence-electron chi connectivity index (χ2n) is 5.75. The Hall–Kier alpha value is -3.40. The van der Waals surface area contributed by atoms with E-state index in [1.807, 2.05) is 0 Å². The van der Waals surface area contributed by atoms with E-state index in [1.54, 1.807) is 25.1 Å². The summed E-state index contributed by atoms with van der Waals surface area (Å²) in [5.74, 6) is -0.173. The minimum atomic E-state index is -0.589. The average Bonchev–Trinajstić information content (AvgIpc) is 2.62. The number of carbonyl (C=O) groups excluding carboxylic acids is 1. The first kappa shape index (κ1) is 19.4. The van der Waals surface area contributed by atoms with Gasteiger partial charge in [-0.3, -0.25) is 19.7 Å². The van der Waals surface area contributed by atoms with Crippen LogP contribution in [-0.2, 0) is 4.79 Å². The molecule has 0 unspecified atom stereocenters. The quantitative estimate of drug-likeness (QED) is 0.200. The Bertz CT molecular complexity index is 1200. The van der Waals surface area contributed by atoms with Gasteiger partial charge in [-0.1, -0.05) is 15.9 Å². The fraction of sp³-hybridized carbons (Fsp3) is 0.111. The third-order valence-electron chi connectivity index (χ3n) is 3.74. The number of fused-ring (bicyclic) bond motifs is 1. The Morgan fingerprint density at radius 2 is 2.07 bits per heavy atom. The largest absolute Gasteiger partial charge is 0.426 e. The summed E-state index contributed by atoms with van der Waals surface area (Å²) < 4.78 is 6.84. The molecule has 2 aromatic carbocycles. The zero-order valence-corrected chi connectivity index (χ0v) is 16.3. The zero-order chi connectivity index (χ0) is 20.4. The monoisotopic (exact) mass is 444 g/mol. The fourth-order valence-electron chi connectivity index (χ4n) is 2.51. The predicted octanol–water partition coefficient (Wildman–Crippen LogP) is 3.18. The van der Waals surface area contributed by atoms with Gasteiger partial charge >= 0.3 is 5.97 Å². The van der Waals surface area contributed by atoms with Crippen LogP contribution in [0, 0.1) is 17.0 Å². The van der Waals surface area contributed by atoms with E-state index in [0.29, 0.717) is 21.2 Å². The van der Waals surface area contributed by atoms with E-state index >= 15 is 0 Å². The van der Waals surface area contributed by atoms with Crippen molar-refractivity contribution in [1.29, 1.82) is 0 Å². The molecule has 3 rings (SSSR count). The van der Waals surface area contributed by atoms with E-state index in [9.17, 15) is 19.7 Å². The van der Waals surface area contributed by atoms with Crippen molar-refractivity contribution >= 4 is 44.7 Å². The van der Waals surface area contributed by atoms with E-state index in [4.69, 9.17) is 4.74 Å². The lowest BCUT2D eigenvalue weighted by molar-refractivity contribution is -0.384. The number of rotatable bonds is 4. The maximum atomic E-state index is 12.8. The van der Waals surface area contributed by atoms with Gasteiger partial charge in [0.1, 0.15) is 11.6 Å². The molecule has 10 heteroatoms. The molecule has 0 atom stereocenters. The molecule has 0 fully saturated rings. The molecule has 142 valence electrons. The molecule has 0 saturated carbocycles. The number of nitro benzene ring substituents is 1. The molecule has 0 amide bonds. The van der Waals surface area contributed by atoms with Crippen molar-refractivity contribution in [3.05, 3.63) is 72.7 Å². The molecule has 1 heterocycles. The highest BCUT2D eigenvalue weighted by Gasteiger charge is 2.13. The highest BCUT2D eigenvalue weighted by molar-refractivity contribution is 9.10. The number of carbonyl (C=O) groups is 1. The third kappa shape index (κ3) is 3.96. The minimum absolute atomic E-state index is 0.0871. The van der Waals surface area contributed by atoms with Crippen LogP contribution >= 0.6 is 15.9 Å². The molecule has 1 aromatic heterocycles. The Labute approximate surface area is 166 Å². The van der Waals surface area contributed by atoms with Crippen molar-refractivity contribution in [2.75, 3.05) is 0 Å². The van der Waals surface area contributed by atoms with Gasteiger partial charge in [0, 0.05) is 29.1 Å². The Kier molecular flexibility index (Phi) is 5.32. The van der Waals surface area contributed by atoms with Crippen LogP contribution in [0.5, 0.6) is 5.75 Å². The van der Waals surface area contributed by atoms with Gasteiger partial charge in [-0.25, -0.2) is 4.98 Å². The number of aromatic nitrogens is 2. The predicted molar refractivity (Wildman–Crippen MR) is 106 cm³/mol. The molecule has 0 saturated heterocycles. The molecule has 0 aliphatic heterocycles. The van der Waals surface area contributed by atoms with E-state index in [1.165, 1.54) is 31.3 Å². The van der Waals surface area contributed by atoms with Crippen LogP contribution in [0.2, 0.25) is 0 Å². The van der Waals surface area contributed by atoms with Crippen LogP contribution in [0.3, 0.4) is 0 Å². The van der Waals surface area contributed by atoms with Gasteiger partial charge in [-0.05, 0) is 31.2 Å². The molecular weight excluding hydrogens is 432 g/mol. The van der Waals surface area contributed by atoms with Gasteiger partial charge in [0.2, 0.25) is 0 Å². The van der Waals surface area contributed by atoms with Gasteiger partial charge in [0.05, 0.1) is 22.0 Å². The lowest BCUT2D eigenvalue weighted by atomic mass is 10.2. The van der Waals surface area contributed by atoms with Crippen molar-refractivity contribution < 1.29 is 14.5 Å². The first-order valence-corrected chi connectivity index (χ1v) is 8.75. The SMILES string of the molecule is CC(=O)Oc1ccc([N+](=O)[O-])cc1C=Nn1c(C)nc2ccc(Br)cc2c1=O. The average molecular weight is 445 g/mol. The standard InChI is InChI=1S/C18H13BrN4O5/c1-10-21-16-5-3-13(19)8-15(16)18(25)22(10)20-9-12-7-14(23(26)27)4-6-17(12)28-11(2)24/h3-9H,1-2H3. The van der Waals surface area contributed by atoms with Gasteiger partial charge in [0.15, 0.2) is 0 Å². The molecule has 9 nitrogen and oxygen atoms in total. The third-order valence-corrected chi connectivity index (χ3v) is 4.23. The molecular formula is C18H13BrN4O5. The van der Waals surface area contributed by atoms with Gasteiger partial charge < -0.3 is 4.74 Å². The van der Waals surface area contributed by atoms with Gasteiger partial charge in [-0.15, -0.1) is 0 Å². The summed E-state index contributed by atoms with van der Waals surface area (Å²) >= 11 is 3.31. The van der Waals surface area contributed by atoms with E-state index in [2.05, 4.69) is 26.0 Å². The van der Waals surface area contributed by atoms with Gasteiger partial charge in [-0.2, -0.15) is 9.78 Å². The number of non-ortho nitro benzene ring substituents is 1. The Morgan fingerprint density at radius 1 is 1.32 bits per heavy atom. The van der Waals surface area contributed by atoms with Crippen LogP contribution in [-0.4, -0.2) is 26.8 Å². The number of nitrogens with zero attached hydrogens (tertiary/aromatic N) is 4. The van der Waals surface area contributed by atoms with E-state index in [-0.39, 0.29) is 17.0 Å². The zero-order valence-electron chi connectivity index (χ0n) is 14.7. The Morgan fingerprint density at radius 3 is 2.75 bits per heavy atom. The number of esters is 1. The van der Waals surface area contributed by atoms with Crippen LogP contribution in [0.1, 0.15) is 18.3 Å². The number of hydrogen-bond acceptors (Lipinski definition) is 7. The summed E-state index contributed by atoms with van der Waals surface area (Å²) in [6.07, 6.45) is 1.21. The summed E-state index contributed by atoms with van der Waals surface area (Å²) in [7, 11) is 0. The summed E-state index contributed by atoms with van der Waals surface area (Å²) in [5.41, 5.74) is 0.0830. The maximum Gasteiger partial charge on any atom is 0.308 e. The number of hydrogen-bond donors (Lipinski definition) is 0. The normalized spacial score (nSPS) is 11.1. The Balaban J connectivity index is 2.13. The molecule has 0 bridgehead atoms. The molecule has 3 aromatic rings. The minimum Gasteiger partial charge on any atom is -0.426 e. The highest BCUT2D eigenvalue weighted by atomic mass is 79.9. The number of nitro groups is 1. The van der Waals surface area contributed by atoms with Crippen LogP contribution in [0.15, 0.2) is 50.8 Å². The van der Waals surface area contributed by atoms with Gasteiger partial charge in [0.25, 0.3) is 11.2 Å². The summed E-state index contributed by atoms with van der Waals surface area (Å²) in [5, 5.41) is 15.5. The summed E-state index contributed by atoms with van der Waals surface area (Å²) in [4.78, 5) is 38.8. The summed E-state index contributed by atoms with van der Waals surface area (Å²) in [6.45, 7) is 2.82. The van der Waals surface area contributed by atoms with Crippen LogP contribution < -0.4 is 10.3 Å².